The summed E-state index contributed by atoms with van der Waals surface area (Å²) >= 11 is 0. The van der Waals surface area contributed by atoms with Gasteiger partial charge in [0.1, 0.15) is 17.5 Å². The normalized spacial score (nSPS) is 21.9. The Morgan fingerprint density at radius 2 is 1.81 bits per heavy atom. The highest BCUT2D eigenvalue weighted by molar-refractivity contribution is 5.78. The summed E-state index contributed by atoms with van der Waals surface area (Å²) in [5.41, 5.74) is 5.60. The number of nitrogens with one attached hydrogen (secondary N) is 2. The Kier molecular flexibility index (Phi) is 9.61. The lowest BCUT2D eigenvalue weighted by molar-refractivity contribution is 0.128. The van der Waals surface area contributed by atoms with Crippen LogP contribution in [0.25, 0.3) is 0 Å². The Labute approximate surface area is 214 Å². The molecule has 0 radical (unpaired) electrons. The van der Waals surface area contributed by atoms with Crippen molar-refractivity contribution in [1.82, 2.24) is 10.8 Å². The first-order valence-corrected chi connectivity index (χ1v) is 12.8. The number of aliphatic imine (C=N–C) groups is 1. The molecule has 0 saturated heterocycles. The van der Waals surface area contributed by atoms with E-state index in [0.717, 1.165) is 37.6 Å². The Balaban J connectivity index is 1.73. The third-order valence-electron chi connectivity index (χ3n) is 7.08. The fraction of sp³-hybridized carbons (Fsp3) is 0.552. The van der Waals surface area contributed by atoms with Gasteiger partial charge < -0.3 is 10.4 Å². The maximum absolute atomic E-state index is 13.5. The number of hydrogen-bond acceptors (Lipinski definition) is 4. The van der Waals surface area contributed by atoms with Gasteiger partial charge in [-0.1, -0.05) is 45.0 Å². The Morgan fingerprint density at radius 1 is 1.14 bits per heavy atom. The smallest absolute Gasteiger partial charge is 0.126 e. The second-order valence-corrected chi connectivity index (χ2v) is 11.0. The van der Waals surface area contributed by atoms with Crippen LogP contribution in [0.5, 0.6) is 0 Å². The largest absolute Gasteiger partial charge is 0.392 e. The molecule has 0 aromatic heterocycles. The zero-order valence-corrected chi connectivity index (χ0v) is 22.2. The van der Waals surface area contributed by atoms with Crippen LogP contribution < -0.4 is 10.8 Å². The molecule has 1 aliphatic carbocycles. The van der Waals surface area contributed by atoms with Crippen LogP contribution in [0.15, 0.2) is 47.5 Å². The Bertz CT molecular complexity index is 1010. The van der Waals surface area contributed by atoms with Gasteiger partial charge in [-0.3, -0.25) is 15.3 Å². The number of halogens is 2. The molecule has 1 unspecified atom stereocenters. The summed E-state index contributed by atoms with van der Waals surface area (Å²) in [6.07, 6.45) is 3.79. The lowest BCUT2D eigenvalue weighted by Crippen LogP contribution is -2.49. The third kappa shape index (κ3) is 7.82. The molecule has 1 aliphatic rings. The van der Waals surface area contributed by atoms with E-state index in [4.69, 9.17) is 9.83 Å². The highest BCUT2D eigenvalue weighted by Gasteiger charge is 2.37. The number of benzene rings is 2. The molecule has 0 aliphatic heterocycles. The van der Waals surface area contributed by atoms with E-state index in [9.17, 15) is 13.9 Å². The molecule has 7 heteroatoms. The first kappa shape index (κ1) is 28.2. The number of hydrogen-bond donors (Lipinski definition) is 3. The van der Waals surface area contributed by atoms with Crippen LogP contribution in [-0.4, -0.2) is 36.7 Å². The minimum Gasteiger partial charge on any atom is -0.392 e. The van der Waals surface area contributed by atoms with Gasteiger partial charge in [0.25, 0.3) is 0 Å². The number of nitrogens with zero attached hydrogens (tertiary/aromatic N) is 1. The fourth-order valence-electron chi connectivity index (χ4n) is 5.03. The summed E-state index contributed by atoms with van der Waals surface area (Å²) in [5.74, 6) is -0.418. The molecule has 2 aromatic carbocycles. The molecular weight excluding hydrogens is 460 g/mol. The summed E-state index contributed by atoms with van der Waals surface area (Å²) in [6, 6.07) is 12.5. The first-order valence-electron chi connectivity index (χ1n) is 12.8. The fourth-order valence-corrected chi connectivity index (χ4v) is 5.03. The zero-order valence-electron chi connectivity index (χ0n) is 22.2. The highest BCUT2D eigenvalue weighted by atomic mass is 19.1. The van der Waals surface area contributed by atoms with Gasteiger partial charge in [0.2, 0.25) is 0 Å². The molecule has 198 valence electrons. The maximum Gasteiger partial charge on any atom is 0.126 e. The van der Waals surface area contributed by atoms with Gasteiger partial charge in [0.15, 0.2) is 0 Å². The van der Waals surface area contributed by atoms with Gasteiger partial charge in [-0.25, -0.2) is 8.78 Å². The Hall–Kier alpha value is -2.35. The van der Waals surface area contributed by atoms with Crippen molar-refractivity contribution in [3.63, 3.8) is 0 Å². The summed E-state index contributed by atoms with van der Waals surface area (Å²) < 4.78 is 27.0. The van der Waals surface area contributed by atoms with Crippen LogP contribution in [0.3, 0.4) is 0 Å². The predicted molar refractivity (Wildman–Crippen MR) is 141 cm³/mol. The van der Waals surface area contributed by atoms with E-state index >= 15 is 0 Å². The van der Waals surface area contributed by atoms with Crippen LogP contribution in [0.1, 0.15) is 76.5 Å². The van der Waals surface area contributed by atoms with Crippen molar-refractivity contribution in [2.24, 2.45) is 4.99 Å². The lowest BCUT2D eigenvalue weighted by Gasteiger charge is -2.42. The van der Waals surface area contributed by atoms with Crippen molar-refractivity contribution in [3.8, 4) is 0 Å². The second-order valence-electron chi connectivity index (χ2n) is 11.0. The quantitative estimate of drug-likeness (QED) is 0.239. The van der Waals surface area contributed by atoms with Crippen molar-refractivity contribution >= 4 is 5.84 Å². The molecule has 1 saturated carbocycles. The first-order chi connectivity index (χ1) is 17.0. The number of aliphatic hydroxyl groups is 1. The Morgan fingerprint density at radius 3 is 2.42 bits per heavy atom. The van der Waals surface area contributed by atoms with Crippen LogP contribution in [0.4, 0.5) is 8.78 Å². The van der Waals surface area contributed by atoms with E-state index < -0.39 is 17.7 Å². The van der Waals surface area contributed by atoms with E-state index in [1.165, 1.54) is 23.3 Å². The average Bonchev–Trinajstić information content (AvgIpc) is 2.81. The zero-order chi connectivity index (χ0) is 26.3. The summed E-state index contributed by atoms with van der Waals surface area (Å²) in [6.45, 7) is 8.93. The van der Waals surface area contributed by atoms with Crippen molar-refractivity contribution < 1.29 is 18.7 Å². The van der Waals surface area contributed by atoms with Crippen LogP contribution in [-0.2, 0) is 22.2 Å². The second kappa shape index (κ2) is 12.3. The number of hydroxylamine groups is 1. The van der Waals surface area contributed by atoms with Crippen molar-refractivity contribution in [3.05, 3.63) is 70.8 Å². The van der Waals surface area contributed by atoms with Crippen LogP contribution >= 0.6 is 0 Å². The molecule has 0 spiro atoms. The van der Waals surface area contributed by atoms with Crippen molar-refractivity contribution in [1.29, 1.82) is 0 Å². The molecule has 1 fully saturated rings. The van der Waals surface area contributed by atoms with Gasteiger partial charge in [0.05, 0.1) is 19.3 Å². The van der Waals surface area contributed by atoms with Crippen LogP contribution in [0, 0.1) is 11.6 Å². The molecule has 2 aromatic rings. The summed E-state index contributed by atoms with van der Waals surface area (Å²) in [4.78, 5) is 9.73. The minimum absolute atomic E-state index is 0.0291. The van der Waals surface area contributed by atoms with E-state index in [0.29, 0.717) is 24.9 Å². The minimum atomic E-state index is -0.636. The molecule has 36 heavy (non-hydrogen) atoms. The lowest BCUT2D eigenvalue weighted by atomic mass is 9.73. The van der Waals surface area contributed by atoms with Gasteiger partial charge in [0, 0.05) is 18.2 Å². The molecule has 0 bridgehead atoms. The molecule has 5 nitrogen and oxygen atoms in total. The number of rotatable bonds is 9. The van der Waals surface area contributed by atoms with E-state index in [-0.39, 0.29) is 17.0 Å². The number of aliphatic hydroxyl groups excluding tert-OH is 1. The SMILES string of the molecule is CONC(C)=NC1CCC(NCC(O)CCc2cc(F)cc(F)c2)(c2cccc(C(C)(C)C)c2)CC1. The maximum atomic E-state index is 13.5. The van der Waals surface area contributed by atoms with E-state index in [1.54, 1.807) is 7.11 Å². The average molecular weight is 502 g/mol. The van der Waals surface area contributed by atoms with Gasteiger partial charge >= 0.3 is 0 Å². The van der Waals surface area contributed by atoms with Gasteiger partial charge in [-0.2, -0.15) is 0 Å². The molecule has 3 rings (SSSR count). The summed E-state index contributed by atoms with van der Waals surface area (Å²) in [7, 11) is 1.58. The molecule has 0 amide bonds. The van der Waals surface area contributed by atoms with Crippen molar-refractivity contribution in [2.75, 3.05) is 13.7 Å². The van der Waals surface area contributed by atoms with Crippen molar-refractivity contribution in [2.45, 2.75) is 89.3 Å². The molecule has 3 N–H and O–H groups in total. The van der Waals surface area contributed by atoms with Gasteiger partial charge in [-0.15, -0.1) is 0 Å². The van der Waals surface area contributed by atoms with E-state index in [2.05, 4.69) is 55.8 Å². The molecular formula is C29H41F2N3O2. The summed E-state index contributed by atoms with van der Waals surface area (Å²) in [5, 5.41) is 14.5. The van der Waals surface area contributed by atoms with Crippen LogP contribution in [0.2, 0.25) is 0 Å². The monoisotopic (exact) mass is 501 g/mol. The number of amidine groups is 1. The third-order valence-corrected chi connectivity index (χ3v) is 7.08. The standard InChI is InChI=1S/C29H41F2N3O2/c1-20(34-36-5)33-26-11-13-29(14-12-26,23-8-6-7-22(17-23)28(2,3)4)32-19-27(35)10-9-21-15-24(30)18-25(31)16-21/h6-8,15-18,26-27,32,35H,9-14,19H2,1-5H3,(H,33,34). The molecule has 1 atom stereocenters. The molecule has 0 heterocycles. The number of aryl methyl sites for hydroxylation is 1. The topological polar surface area (TPSA) is 65.9 Å². The van der Waals surface area contributed by atoms with E-state index in [1.807, 2.05) is 6.92 Å². The van der Waals surface area contributed by atoms with Gasteiger partial charge in [-0.05, 0) is 79.7 Å². The highest BCUT2D eigenvalue weighted by Crippen LogP contribution is 2.39. The predicted octanol–water partition coefficient (Wildman–Crippen LogP) is 5.55.